The lowest BCUT2D eigenvalue weighted by Gasteiger charge is -2.18. The van der Waals surface area contributed by atoms with E-state index < -0.39 is 23.9 Å². The van der Waals surface area contributed by atoms with Crippen molar-refractivity contribution in [3.05, 3.63) is 148 Å². The normalized spacial score (nSPS) is 12.2. The molecule has 0 saturated carbocycles. The molecule has 0 heterocycles. The summed E-state index contributed by atoms with van der Waals surface area (Å²) < 4.78 is 6.10. The van der Waals surface area contributed by atoms with Gasteiger partial charge in [0, 0.05) is 46.5 Å². The molecule has 1 amide bonds. The third-order valence-electron chi connectivity index (χ3n) is 9.55. The largest absolute Gasteiger partial charge is 0.488 e. The van der Waals surface area contributed by atoms with E-state index in [1.807, 2.05) is 78.9 Å². The van der Waals surface area contributed by atoms with E-state index in [9.17, 15) is 19.5 Å². The van der Waals surface area contributed by atoms with Crippen LogP contribution in [0.4, 0.5) is 11.4 Å². The number of carbonyl (C=O) groups excluding carboxylic acids is 1. The zero-order valence-corrected chi connectivity index (χ0v) is 34.2. The zero-order valence-electron chi connectivity index (χ0n) is 32.7. The van der Waals surface area contributed by atoms with Crippen LogP contribution in [0.1, 0.15) is 72.4 Å². The molecule has 0 radical (unpaired) electrons. The molecule has 300 valence electrons. The monoisotopic (exact) mass is 811 g/mol. The molecule has 57 heavy (non-hydrogen) atoms. The zero-order chi connectivity index (χ0) is 41.3. The number of nitrogens with one attached hydrogen (secondary N) is 3. The van der Waals surface area contributed by atoms with Gasteiger partial charge in [-0.3, -0.25) is 4.79 Å². The van der Waals surface area contributed by atoms with Crippen LogP contribution < -0.4 is 20.7 Å². The minimum Gasteiger partial charge on any atom is -0.488 e. The van der Waals surface area contributed by atoms with E-state index in [0.29, 0.717) is 52.0 Å². The molecule has 11 heteroatoms. The lowest BCUT2D eigenvalue weighted by molar-refractivity contribution is -0.139. The lowest BCUT2D eigenvalue weighted by Crippen LogP contribution is -2.42. The number of hydrogen-bond acceptors (Lipinski definition) is 6. The van der Waals surface area contributed by atoms with E-state index in [1.54, 1.807) is 30.3 Å². The van der Waals surface area contributed by atoms with Gasteiger partial charge in [-0.05, 0) is 71.0 Å². The SMILES string of the molecule is CCC(C)CNc1ccc(Cl)cc1C(=O)N[C@@H](Cc1ccc(-c2ccccc2OCc2ccccc2)cc1)C(=O)O.CCC(C)CNc1ccc(Cl)cc1C(=O)O. The molecule has 5 N–H and O–H groups in total. The van der Waals surface area contributed by atoms with Gasteiger partial charge in [-0.25, -0.2) is 9.59 Å². The molecule has 0 spiro atoms. The van der Waals surface area contributed by atoms with E-state index in [-0.39, 0.29) is 12.0 Å². The van der Waals surface area contributed by atoms with Crippen LogP contribution in [-0.2, 0) is 17.8 Å². The van der Waals surface area contributed by atoms with E-state index in [4.69, 9.17) is 33.0 Å². The number of amides is 1. The second-order valence-corrected chi connectivity index (χ2v) is 14.9. The predicted octanol–water partition coefficient (Wildman–Crippen LogP) is 11.0. The molecule has 0 fully saturated rings. The number of benzene rings is 5. The van der Waals surface area contributed by atoms with Gasteiger partial charge in [-0.1, -0.05) is 137 Å². The fourth-order valence-corrected chi connectivity index (χ4v) is 5.97. The number of aliphatic carboxylic acids is 1. The Balaban J connectivity index is 0.000000377. The number of para-hydroxylation sites is 1. The van der Waals surface area contributed by atoms with Crippen molar-refractivity contribution in [1.29, 1.82) is 0 Å². The van der Waals surface area contributed by atoms with E-state index in [0.717, 1.165) is 47.4 Å². The Morgan fingerprint density at radius 2 is 1.21 bits per heavy atom. The van der Waals surface area contributed by atoms with Crippen LogP contribution in [0.2, 0.25) is 10.0 Å². The Morgan fingerprint density at radius 3 is 1.77 bits per heavy atom. The first-order valence-corrected chi connectivity index (χ1v) is 19.8. The third kappa shape index (κ3) is 13.9. The van der Waals surface area contributed by atoms with Gasteiger partial charge in [0.05, 0.1) is 11.1 Å². The number of carbonyl (C=O) groups is 3. The Morgan fingerprint density at radius 1 is 0.667 bits per heavy atom. The molecule has 0 saturated heterocycles. The standard InChI is InChI=1S/C34H35ClN2O4.C12H16ClNO2/c1-3-23(2)21-36-30-18-17-27(35)20-29(30)33(38)37-31(34(39)40)19-24-13-15-26(16-14-24)28-11-7-8-12-32(28)41-22-25-9-5-4-6-10-25;1-3-8(2)7-14-11-5-4-9(13)6-10(11)12(15)16/h4-18,20,23,31,36H,3,19,21-22H2,1-2H3,(H,37,38)(H,39,40);4-6,8,14H,3,7H2,1-2H3,(H,15,16)/t23?,31-;/m0./s1. The van der Waals surface area contributed by atoms with Crippen LogP contribution >= 0.6 is 23.2 Å². The maximum absolute atomic E-state index is 13.2. The molecule has 5 aromatic rings. The van der Waals surface area contributed by atoms with Gasteiger partial charge in [0.25, 0.3) is 5.91 Å². The summed E-state index contributed by atoms with van der Waals surface area (Å²) in [5.74, 6) is -0.880. The Hall–Kier alpha value is -5.51. The highest BCUT2D eigenvalue weighted by Crippen LogP contribution is 2.31. The second-order valence-electron chi connectivity index (χ2n) is 14.0. The number of carboxylic acids is 2. The van der Waals surface area contributed by atoms with Gasteiger partial charge >= 0.3 is 11.9 Å². The fraction of sp³-hybridized carbons (Fsp3) is 0.283. The molecule has 0 aromatic heterocycles. The summed E-state index contributed by atoms with van der Waals surface area (Å²) in [6, 6.07) is 34.2. The molecule has 0 aliphatic carbocycles. The van der Waals surface area contributed by atoms with Gasteiger partial charge in [0.1, 0.15) is 18.4 Å². The highest BCUT2D eigenvalue weighted by molar-refractivity contribution is 6.31. The number of hydrogen-bond donors (Lipinski definition) is 5. The lowest BCUT2D eigenvalue weighted by atomic mass is 9.99. The maximum atomic E-state index is 13.2. The van der Waals surface area contributed by atoms with E-state index >= 15 is 0 Å². The highest BCUT2D eigenvalue weighted by atomic mass is 35.5. The molecular weight excluding hydrogens is 761 g/mol. The average Bonchev–Trinajstić information content (AvgIpc) is 3.22. The van der Waals surface area contributed by atoms with Gasteiger partial charge in [0.15, 0.2) is 0 Å². The van der Waals surface area contributed by atoms with Gasteiger partial charge in [-0.2, -0.15) is 0 Å². The molecule has 5 aromatic carbocycles. The summed E-state index contributed by atoms with van der Waals surface area (Å²) in [5.41, 5.74) is 5.53. The number of ether oxygens (including phenoxy) is 1. The van der Waals surface area contributed by atoms with Crippen molar-refractivity contribution in [2.24, 2.45) is 11.8 Å². The van der Waals surface area contributed by atoms with Crippen molar-refractivity contribution in [3.8, 4) is 16.9 Å². The predicted molar refractivity (Wildman–Crippen MR) is 231 cm³/mol. The van der Waals surface area contributed by atoms with E-state index in [1.165, 1.54) is 6.07 Å². The number of rotatable bonds is 18. The summed E-state index contributed by atoms with van der Waals surface area (Å²) in [4.78, 5) is 36.3. The second kappa shape index (κ2) is 22.3. The Bertz CT molecular complexity index is 2080. The highest BCUT2D eigenvalue weighted by Gasteiger charge is 2.23. The minimum atomic E-state index is -1.11. The smallest absolute Gasteiger partial charge is 0.337 e. The molecule has 3 atom stereocenters. The first kappa shape index (κ1) is 44.2. The molecule has 0 aliphatic heterocycles. The first-order chi connectivity index (χ1) is 27.4. The van der Waals surface area contributed by atoms with Gasteiger partial charge in [0.2, 0.25) is 0 Å². The van der Waals surface area contributed by atoms with Crippen LogP contribution in [-0.4, -0.2) is 47.2 Å². The van der Waals surface area contributed by atoms with Crippen LogP contribution in [0.3, 0.4) is 0 Å². The van der Waals surface area contributed by atoms with Crippen LogP contribution in [0.15, 0.2) is 115 Å². The van der Waals surface area contributed by atoms with Crippen LogP contribution in [0, 0.1) is 11.8 Å². The summed E-state index contributed by atoms with van der Waals surface area (Å²) in [6.07, 6.45) is 2.18. The first-order valence-electron chi connectivity index (χ1n) is 19.1. The number of halogens is 2. The third-order valence-corrected chi connectivity index (χ3v) is 10.0. The minimum absolute atomic E-state index is 0.129. The van der Waals surface area contributed by atoms with Crippen LogP contribution in [0.5, 0.6) is 5.75 Å². The summed E-state index contributed by atoms with van der Waals surface area (Å²) in [5, 5.41) is 28.9. The van der Waals surface area contributed by atoms with Crippen molar-refractivity contribution in [2.45, 2.75) is 59.6 Å². The Kier molecular flexibility index (Phi) is 17.3. The van der Waals surface area contributed by atoms with Crippen molar-refractivity contribution in [2.75, 3.05) is 23.7 Å². The maximum Gasteiger partial charge on any atom is 0.337 e. The molecular formula is C46H51Cl2N3O6. The summed E-state index contributed by atoms with van der Waals surface area (Å²) >= 11 is 11.9. The Labute approximate surface area is 345 Å². The molecule has 2 unspecified atom stereocenters. The van der Waals surface area contributed by atoms with Crippen molar-refractivity contribution < 1.29 is 29.3 Å². The number of aromatic carboxylic acids is 1. The molecule has 0 bridgehead atoms. The average molecular weight is 813 g/mol. The summed E-state index contributed by atoms with van der Waals surface area (Å²) in [6.45, 7) is 10.3. The van der Waals surface area contributed by atoms with E-state index in [2.05, 4.69) is 43.6 Å². The van der Waals surface area contributed by atoms with Crippen molar-refractivity contribution in [1.82, 2.24) is 5.32 Å². The van der Waals surface area contributed by atoms with Crippen molar-refractivity contribution in [3.63, 3.8) is 0 Å². The fourth-order valence-electron chi connectivity index (χ4n) is 5.62. The molecule has 0 aliphatic rings. The van der Waals surface area contributed by atoms with Gasteiger partial charge in [-0.15, -0.1) is 0 Å². The number of anilines is 2. The molecule has 9 nitrogen and oxygen atoms in total. The van der Waals surface area contributed by atoms with Gasteiger partial charge < -0.3 is 30.9 Å². The summed E-state index contributed by atoms with van der Waals surface area (Å²) in [7, 11) is 0. The number of carboxylic acid groups (broad SMARTS) is 2. The molecule has 5 rings (SSSR count). The topological polar surface area (TPSA) is 137 Å². The van der Waals surface area contributed by atoms with Crippen LogP contribution in [0.25, 0.3) is 11.1 Å². The van der Waals surface area contributed by atoms with Crippen molar-refractivity contribution >= 4 is 52.4 Å². The quantitative estimate of drug-likeness (QED) is 0.0590.